The van der Waals surface area contributed by atoms with Crippen molar-refractivity contribution in [2.75, 3.05) is 33.3 Å². The second-order valence-corrected chi connectivity index (χ2v) is 6.63. The molecule has 3 heteroatoms. The molecule has 3 nitrogen and oxygen atoms in total. The number of hydrogen-bond donors (Lipinski definition) is 2. The summed E-state index contributed by atoms with van der Waals surface area (Å²) in [5.74, 6) is 0.646. The van der Waals surface area contributed by atoms with Gasteiger partial charge in [-0.05, 0) is 64.7 Å². The molecule has 120 valence electrons. The largest absolute Gasteiger partial charge is 0.394 e. The molecule has 0 saturated heterocycles. The molecule has 0 aliphatic heterocycles. The van der Waals surface area contributed by atoms with Crippen LogP contribution >= 0.6 is 0 Å². The van der Waals surface area contributed by atoms with E-state index in [1.807, 2.05) is 0 Å². The van der Waals surface area contributed by atoms with Crippen molar-refractivity contribution in [2.45, 2.75) is 70.8 Å². The van der Waals surface area contributed by atoms with Crippen molar-refractivity contribution in [3.8, 4) is 0 Å². The Hall–Kier alpha value is -0.120. The Morgan fingerprint density at radius 2 is 2.00 bits per heavy atom. The first-order chi connectivity index (χ1) is 9.68. The van der Waals surface area contributed by atoms with Gasteiger partial charge in [-0.3, -0.25) is 0 Å². The second kappa shape index (κ2) is 9.75. The summed E-state index contributed by atoms with van der Waals surface area (Å²) in [6.07, 6.45) is 10.0. The molecule has 0 heterocycles. The number of hydrogen-bond acceptors (Lipinski definition) is 3. The maximum Gasteiger partial charge on any atom is 0.0616 e. The Bertz CT molecular complexity index is 247. The highest BCUT2D eigenvalue weighted by molar-refractivity contribution is 4.99. The predicted molar refractivity (Wildman–Crippen MR) is 87.1 cm³/mol. The lowest BCUT2D eigenvalue weighted by atomic mass is 9.85. The summed E-state index contributed by atoms with van der Waals surface area (Å²) in [7, 11) is 2.24. The lowest BCUT2D eigenvalue weighted by Crippen LogP contribution is -2.52. The van der Waals surface area contributed by atoms with Gasteiger partial charge in [0.25, 0.3) is 0 Å². The topological polar surface area (TPSA) is 35.5 Å². The van der Waals surface area contributed by atoms with Gasteiger partial charge < -0.3 is 15.3 Å². The van der Waals surface area contributed by atoms with E-state index in [2.05, 4.69) is 31.1 Å². The number of nitrogens with one attached hydrogen (secondary N) is 1. The molecule has 1 aliphatic rings. The molecule has 0 aromatic rings. The molecule has 1 saturated carbocycles. The maximum absolute atomic E-state index is 9.88. The third-order valence-corrected chi connectivity index (χ3v) is 4.97. The molecule has 2 N–H and O–H groups in total. The molecule has 0 radical (unpaired) electrons. The lowest BCUT2D eigenvalue weighted by molar-refractivity contribution is 0.113. The molecule has 20 heavy (non-hydrogen) atoms. The van der Waals surface area contributed by atoms with E-state index in [-0.39, 0.29) is 5.54 Å². The van der Waals surface area contributed by atoms with E-state index in [9.17, 15) is 5.11 Å². The summed E-state index contributed by atoms with van der Waals surface area (Å²) in [5.41, 5.74) is 0.0142. The van der Waals surface area contributed by atoms with Gasteiger partial charge in [-0.15, -0.1) is 0 Å². The molecular formula is C17H36N2O. The highest BCUT2D eigenvalue weighted by Gasteiger charge is 2.41. The summed E-state index contributed by atoms with van der Waals surface area (Å²) in [6.45, 7) is 8.18. The fourth-order valence-electron chi connectivity index (χ4n) is 3.56. The van der Waals surface area contributed by atoms with E-state index in [1.54, 1.807) is 0 Å². The Labute approximate surface area is 126 Å². The minimum Gasteiger partial charge on any atom is -0.394 e. The van der Waals surface area contributed by atoms with Crippen molar-refractivity contribution in [3.05, 3.63) is 0 Å². The van der Waals surface area contributed by atoms with Gasteiger partial charge in [0, 0.05) is 5.54 Å². The van der Waals surface area contributed by atoms with Crippen LogP contribution in [0.5, 0.6) is 0 Å². The van der Waals surface area contributed by atoms with Crippen molar-refractivity contribution in [1.82, 2.24) is 10.2 Å². The van der Waals surface area contributed by atoms with Crippen molar-refractivity contribution < 1.29 is 5.11 Å². The quantitative estimate of drug-likeness (QED) is 0.573. The van der Waals surface area contributed by atoms with Crippen molar-refractivity contribution in [1.29, 1.82) is 0 Å². The van der Waals surface area contributed by atoms with E-state index in [4.69, 9.17) is 0 Å². The van der Waals surface area contributed by atoms with Crippen LogP contribution < -0.4 is 5.32 Å². The van der Waals surface area contributed by atoms with E-state index < -0.39 is 0 Å². The Morgan fingerprint density at radius 1 is 1.20 bits per heavy atom. The summed E-state index contributed by atoms with van der Waals surface area (Å²) < 4.78 is 0. The first-order valence-corrected chi connectivity index (χ1v) is 8.73. The molecule has 0 aromatic carbocycles. The van der Waals surface area contributed by atoms with Gasteiger partial charge in [0.2, 0.25) is 0 Å². The summed E-state index contributed by atoms with van der Waals surface area (Å²) in [5, 5.41) is 13.5. The average molecular weight is 284 g/mol. The minimum atomic E-state index is 0.0142. The molecule has 0 spiro atoms. The number of rotatable bonds is 11. The van der Waals surface area contributed by atoms with Crippen LogP contribution in [-0.4, -0.2) is 48.8 Å². The molecule has 0 aromatic heterocycles. The van der Waals surface area contributed by atoms with Crippen molar-refractivity contribution in [3.63, 3.8) is 0 Å². The van der Waals surface area contributed by atoms with Gasteiger partial charge in [0.15, 0.2) is 0 Å². The zero-order valence-corrected chi connectivity index (χ0v) is 14.0. The third kappa shape index (κ3) is 5.34. The van der Waals surface area contributed by atoms with Crippen LogP contribution in [0.4, 0.5) is 0 Å². The first-order valence-electron chi connectivity index (χ1n) is 8.73. The Kier molecular flexibility index (Phi) is 8.74. The predicted octanol–water partition coefficient (Wildman–Crippen LogP) is 3.03. The van der Waals surface area contributed by atoms with Crippen LogP contribution in [0.15, 0.2) is 0 Å². The second-order valence-electron chi connectivity index (χ2n) is 6.63. The van der Waals surface area contributed by atoms with Crippen molar-refractivity contribution >= 4 is 0 Å². The van der Waals surface area contributed by atoms with Gasteiger partial charge in [-0.2, -0.15) is 0 Å². The fourth-order valence-corrected chi connectivity index (χ4v) is 3.56. The van der Waals surface area contributed by atoms with Crippen LogP contribution in [0.1, 0.15) is 65.2 Å². The van der Waals surface area contributed by atoms with Gasteiger partial charge in [0.1, 0.15) is 0 Å². The Morgan fingerprint density at radius 3 is 2.65 bits per heavy atom. The monoisotopic (exact) mass is 284 g/mol. The number of unbranched alkanes of at least 4 members (excludes halogenated alkanes) is 2. The Balaban J connectivity index is 2.36. The molecule has 0 amide bonds. The van der Waals surface area contributed by atoms with Crippen molar-refractivity contribution in [2.24, 2.45) is 5.92 Å². The minimum absolute atomic E-state index is 0.0142. The van der Waals surface area contributed by atoms with E-state index in [0.717, 1.165) is 19.4 Å². The van der Waals surface area contributed by atoms with E-state index in [1.165, 1.54) is 51.6 Å². The first kappa shape index (κ1) is 17.9. The van der Waals surface area contributed by atoms with Gasteiger partial charge in [-0.1, -0.05) is 33.1 Å². The number of nitrogens with zero attached hydrogens (tertiary/aromatic N) is 1. The summed E-state index contributed by atoms with van der Waals surface area (Å²) in [6, 6.07) is 0. The van der Waals surface area contributed by atoms with Gasteiger partial charge in [0.05, 0.1) is 6.61 Å². The molecule has 1 fully saturated rings. The summed E-state index contributed by atoms with van der Waals surface area (Å²) >= 11 is 0. The number of aliphatic hydroxyl groups is 1. The lowest BCUT2D eigenvalue weighted by Gasteiger charge is -2.36. The smallest absolute Gasteiger partial charge is 0.0616 e. The van der Waals surface area contributed by atoms with Gasteiger partial charge >= 0.3 is 0 Å². The van der Waals surface area contributed by atoms with Crippen LogP contribution in [0.25, 0.3) is 0 Å². The molecule has 2 atom stereocenters. The highest BCUT2D eigenvalue weighted by Crippen LogP contribution is 2.37. The zero-order valence-electron chi connectivity index (χ0n) is 14.0. The fraction of sp³-hybridized carbons (Fsp3) is 1.00. The third-order valence-electron chi connectivity index (χ3n) is 4.97. The molecular weight excluding hydrogens is 248 g/mol. The van der Waals surface area contributed by atoms with Crippen LogP contribution in [0.3, 0.4) is 0 Å². The van der Waals surface area contributed by atoms with Crippen LogP contribution in [0.2, 0.25) is 0 Å². The standard InChI is InChI=1S/C17H36N2O/c1-4-6-7-13-19(3)14-10-16-9-8-11-17(16,15-20)18-12-5-2/h16,18,20H,4-15H2,1-3H3. The highest BCUT2D eigenvalue weighted by atomic mass is 16.3. The van der Waals surface area contributed by atoms with E-state index >= 15 is 0 Å². The molecule has 0 bridgehead atoms. The maximum atomic E-state index is 9.88. The van der Waals surface area contributed by atoms with Gasteiger partial charge in [-0.25, -0.2) is 0 Å². The SMILES string of the molecule is CCCCCN(C)CCC1CCCC1(CO)NCCC. The molecule has 1 rings (SSSR count). The van der Waals surface area contributed by atoms with Crippen LogP contribution in [-0.2, 0) is 0 Å². The normalized spacial score (nSPS) is 26.6. The van der Waals surface area contributed by atoms with Crippen LogP contribution in [0, 0.1) is 5.92 Å². The molecule has 2 unspecified atom stereocenters. The molecule has 1 aliphatic carbocycles. The number of aliphatic hydroxyl groups excluding tert-OH is 1. The van der Waals surface area contributed by atoms with E-state index in [0.29, 0.717) is 12.5 Å². The average Bonchev–Trinajstić information content (AvgIpc) is 2.86. The summed E-state index contributed by atoms with van der Waals surface area (Å²) in [4.78, 5) is 2.47. The zero-order chi connectivity index (χ0) is 14.8.